The standard InChI is InChI=1S/C19H22N2O5/c1-24-16-9-6-13(10-17(16)25-2)15(11-18(22)26-3)21-19(23)12-4-7-14(20)8-5-12/h4-10,15H,11,20H2,1-3H3,(H,21,23). The second-order valence-corrected chi connectivity index (χ2v) is 5.54. The highest BCUT2D eigenvalue weighted by atomic mass is 16.5. The minimum Gasteiger partial charge on any atom is -0.493 e. The number of hydrogen-bond acceptors (Lipinski definition) is 6. The fourth-order valence-electron chi connectivity index (χ4n) is 2.45. The number of esters is 1. The number of carbonyl (C=O) groups is 2. The van der Waals surface area contributed by atoms with Crippen molar-refractivity contribution in [3.63, 3.8) is 0 Å². The van der Waals surface area contributed by atoms with Crippen molar-refractivity contribution in [1.29, 1.82) is 0 Å². The zero-order valence-electron chi connectivity index (χ0n) is 14.9. The first kappa shape index (κ1) is 19.1. The number of nitrogens with two attached hydrogens (primary N) is 1. The summed E-state index contributed by atoms with van der Waals surface area (Å²) in [6.07, 6.45) is -0.0211. The predicted molar refractivity (Wildman–Crippen MR) is 97.2 cm³/mol. The summed E-state index contributed by atoms with van der Waals surface area (Å²) in [4.78, 5) is 24.3. The highest BCUT2D eigenvalue weighted by molar-refractivity contribution is 5.95. The van der Waals surface area contributed by atoms with Gasteiger partial charge in [0.2, 0.25) is 0 Å². The highest BCUT2D eigenvalue weighted by Crippen LogP contribution is 2.31. The maximum absolute atomic E-state index is 12.5. The molecule has 0 saturated carbocycles. The van der Waals surface area contributed by atoms with Crippen molar-refractivity contribution >= 4 is 17.6 Å². The summed E-state index contributed by atoms with van der Waals surface area (Å²) < 4.78 is 15.3. The first-order valence-corrected chi connectivity index (χ1v) is 7.93. The molecule has 0 aliphatic carbocycles. The molecular formula is C19H22N2O5. The minimum atomic E-state index is -0.590. The van der Waals surface area contributed by atoms with Gasteiger partial charge in [0.05, 0.1) is 33.8 Å². The van der Waals surface area contributed by atoms with E-state index in [9.17, 15) is 9.59 Å². The molecule has 7 heteroatoms. The lowest BCUT2D eigenvalue weighted by Crippen LogP contribution is -2.30. The topological polar surface area (TPSA) is 99.9 Å². The van der Waals surface area contributed by atoms with Crippen LogP contribution in [0.15, 0.2) is 42.5 Å². The van der Waals surface area contributed by atoms with Crippen LogP contribution in [0.2, 0.25) is 0 Å². The van der Waals surface area contributed by atoms with Gasteiger partial charge in [0.25, 0.3) is 5.91 Å². The molecule has 1 atom stereocenters. The molecule has 0 aliphatic heterocycles. The lowest BCUT2D eigenvalue weighted by Gasteiger charge is -2.20. The summed E-state index contributed by atoms with van der Waals surface area (Å²) in [6, 6.07) is 11.1. The van der Waals surface area contributed by atoms with Crippen LogP contribution in [0.1, 0.15) is 28.4 Å². The third kappa shape index (κ3) is 4.66. The molecule has 0 aromatic heterocycles. The van der Waals surface area contributed by atoms with Gasteiger partial charge in [-0.05, 0) is 42.0 Å². The van der Waals surface area contributed by atoms with Crippen LogP contribution < -0.4 is 20.5 Å². The van der Waals surface area contributed by atoms with Crippen LogP contribution in [0.4, 0.5) is 5.69 Å². The van der Waals surface area contributed by atoms with Crippen molar-refractivity contribution in [2.75, 3.05) is 27.1 Å². The Labute approximate surface area is 152 Å². The summed E-state index contributed by atoms with van der Waals surface area (Å²) in [6.45, 7) is 0. The maximum atomic E-state index is 12.5. The molecule has 0 aliphatic rings. The Morgan fingerprint density at radius 3 is 2.23 bits per heavy atom. The Morgan fingerprint density at radius 1 is 1.00 bits per heavy atom. The summed E-state index contributed by atoms with van der Waals surface area (Å²) >= 11 is 0. The Balaban J connectivity index is 2.29. The van der Waals surface area contributed by atoms with E-state index in [2.05, 4.69) is 5.32 Å². The number of benzene rings is 2. The molecule has 0 spiro atoms. The van der Waals surface area contributed by atoms with Crippen LogP contribution in [0.3, 0.4) is 0 Å². The van der Waals surface area contributed by atoms with Crippen molar-refractivity contribution < 1.29 is 23.8 Å². The smallest absolute Gasteiger partial charge is 0.307 e. The van der Waals surface area contributed by atoms with E-state index in [0.717, 1.165) is 0 Å². The molecule has 2 rings (SSSR count). The van der Waals surface area contributed by atoms with Crippen molar-refractivity contribution in [2.24, 2.45) is 0 Å². The average Bonchev–Trinajstić information content (AvgIpc) is 2.67. The molecule has 138 valence electrons. The maximum Gasteiger partial charge on any atom is 0.307 e. The lowest BCUT2D eigenvalue weighted by molar-refractivity contribution is -0.141. The van der Waals surface area contributed by atoms with Crippen molar-refractivity contribution in [3.05, 3.63) is 53.6 Å². The van der Waals surface area contributed by atoms with Crippen molar-refractivity contribution in [1.82, 2.24) is 5.32 Å². The quantitative estimate of drug-likeness (QED) is 0.582. The van der Waals surface area contributed by atoms with E-state index in [-0.39, 0.29) is 12.3 Å². The number of hydrogen-bond donors (Lipinski definition) is 2. The zero-order chi connectivity index (χ0) is 19.1. The monoisotopic (exact) mass is 358 g/mol. The third-order valence-electron chi connectivity index (χ3n) is 3.89. The van der Waals surface area contributed by atoms with E-state index in [1.807, 2.05) is 0 Å². The number of anilines is 1. The number of nitrogen functional groups attached to an aromatic ring is 1. The zero-order valence-corrected chi connectivity index (χ0v) is 14.9. The van der Waals surface area contributed by atoms with Crippen molar-refractivity contribution in [2.45, 2.75) is 12.5 Å². The third-order valence-corrected chi connectivity index (χ3v) is 3.89. The van der Waals surface area contributed by atoms with E-state index in [4.69, 9.17) is 19.9 Å². The lowest BCUT2D eigenvalue weighted by atomic mass is 10.0. The molecule has 26 heavy (non-hydrogen) atoms. The van der Waals surface area contributed by atoms with Crippen LogP contribution in [-0.2, 0) is 9.53 Å². The predicted octanol–water partition coefficient (Wildman–Crippen LogP) is 2.32. The van der Waals surface area contributed by atoms with Gasteiger partial charge >= 0.3 is 5.97 Å². The van der Waals surface area contributed by atoms with Crippen LogP contribution in [0.5, 0.6) is 11.5 Å². The summed E-state index contributed by atoms with van der Waals surface area (Å²) in [5.74, 6) is 0.288. The molecule has 7 nitrogen and oxygen atoms in total. The van der Waals surface area contributed by atoms with Gasteiger partial charge in [0.15, 0.2) is 11.5 Å². The Hall–Kier alpha value is -3.22. The normalized spacial score (nSPS) is 11.3. The molecule has 2 aromatic rings. The van der Waals surface area contributed by atoms with Crippen LogP contribution in [0, 0.1) is 0 Å². The SMILES string of the molecule is COC(=O)CC(NC(=O)c1ccc(N)cc1)c1ccc(OC)c(OC)c1. The summed E-state index contributed by atoms with van der Waals surface area (Å²) in [7, 11) is 4.35. The fraction of sp³-hybridized carbons (Fsp3) is 0.263. The van der Waals surface area contributed by atoms with Crippen LogP contribution in [-0.4, -0.2) is 33.2 Å². The average molecular weight is 358 g/mol. The molecule has 1 unspecified atom stereocenters. The van der Waals surface area contributed by atoms with Crippen LogP contribution in [0.25, 0.3) is 0 Å². The second-order valence-electron chi connectivity index (χ2n) is 5.54. The van der Waals surface area contributed by atoms with E-state index >= 15 is 0 Å². The number of carbonyl (C=O) groups excluding carboxylic acids is 2. The van der Waals surface area contributed by atoms with Gasteiger partial charge in [-0.25, -0.2) is 0 Å². The summed E-state index contributed by atoms with van der Waals surface area (Å²) in [5.41, 5.74) is 7.34. The fourth-order valence-corrected chi connectivity index (χ4v) is 2.45. The molecule has 0 saturated heterocycles. The van der Waals surface area contributed by atoms with E-state index in [1.165, 1.54) is 21.3 Å². The Morgan fingerprint density at radius 2 is 1.65 bits per heavy atom. The number of methoxy groups -OCH3 is 3. The minimum absolute atomic E-state index is 0.0211. The van der Waals surface area contributed by atoms with Gasteiger partial charge in [-0.3, -0.25) is 9.59 Å². The first-order chi connectivity index (χ1) is 12.5. The van der Waals surface area contributed by atoms with Gasteiger partial charge in [0.1, 0.15) is 0 Å². The molecule has 0 fully saturated rings. The molecule has 0 radical (unpaired) electrons. The number of rotatable bonds is 7. The number of nitrogens with one attached hydrogen (secondary N) is 1. The van der Waals surface area contributed by atoms with Gasteiger partial charge in [-0.2, -0.15) is 0 Å². The van der Waals surface area contributed by atoms with E-state index in [0.29, 0.717) is 28.3 Å². The molecule has 0 heterocycles. The van der Waals surface area contributed by atoms with Crippen molar-refractivity contribution in [3.8, 4) is 11.5 Å². The Kier molecular flexibility index (Phi) is 6.43. The first-order valence-electron chi connectivity index (χ1n) is 7.93. The van der Waals surface area contributed by atoms with Gasteiger partial charge in [-0.15, -0.1) is 0 Å². The number of amides is 1. The number of ether oxygens (including phenoxy) is 3. The molecule has 1 amide bonds. The molecule has 3 N–H and O–H groups in total. The van der Waals surface area contributed by atoms with Crippen LogP contribution >= 0.6 is 0 Å². The van der Waals surface area contributed by atoms with E-state index < -0.39 is 12.0 Å². The summed E-state index contributed by atoms with van der Waals surface area (Å²) in [5, 5.41) is 2.85. The molecular weight excluding hydrogens is 336 g/mol. The van der Waals surface area contributed by atoms with Gasteiger partial charge < -0.3 is 25.3 Å². The highest BCUT2D eigenvalue weighted by Gasteiger charge is 2.21. The van der Waals surface area contributed by atoms with Gasteiger partial charge in [-0.1, -0.05) is 6.07 Å². The largest absolute Gasteiger partial charge is 0.493 e. The molecule has 0 bridgehead atoms. The van der Waals surface area contributed by atoms with E-state index in [1.54, 1.807) is 42.5 Å². The second kappa shape index (κ2) is 8.75. The Bertz CT molecular complexity index is 774. The molecule has 2 aromatic carbocycles. The van der Waals surface area contributed by atoms with Gasteiger partial charge in [0, 0.05) is 11.3 Å².